The van der Waals surface area contributed by atoms with Gasteiger partial charge in [-0.2, -0.15) is 5.10 Å². The van der Waals surface area contributed by atoms with E-state index in [-0.39, 0.29) is 12.4 Å². The van der Waals surface area contributed by atoms with Gasteiger partial charge in [-0.05, 0) is 49.1 Å². The third-order valence-corrected chi connectivity index (χ3v) is 6.08. The largest absolute Gasteiger partial charge is 0.449 e. The monoisotopic (exact) mass is 422 g/mol. The van der Waals surface area contributed by atoms with Gasteiger partial charge in [0, 0.05) is 11.6 Å². The Hall–Kier alpha value is -3.12. The molecule has 5 rings (SSSR count). The van der Waals surface area contributed by atoms with Crippen LogP contribution in [0.15, 0.2) is 54.6 Å². The van der Waals surface area contributed by atoms with Crippen molar-refractivity contribution in [1.29, 1.82) is 0 Å². The lowest BCUT2D eigenvalue weighted by molar-refractivity contribution is -0.159. The Morgan fingerprint density at radius 2 is 1.97 bits per heavy atom. The van der Waals surface area contributed by atoms with E-state index in [1.807, 2.05) is 50.3 Å². The predicted octanol–water partition coefficient (Wildman–Crippen LogP) is 4.23. The number of carbonyl (C=O) groups excluding carboxylic acids is 2. The molecule has 1 aliphatic carbocycles. The molecule has 0 bridgehead atoms. The second kappa shape index (κ2) is 6.71. The average molecular weight is 423 g/mol. The number of fused-ring (bicyclic) bond motifs is 2. The topological polar surface area (TPSA) is 70.4 Å². The van der Waals surface area contributed by atoms with E-state index in [4.69, 9.17) is 21.1 Å². The molecule has 1 saturated heterocycles. The van der Waals surface area contributed by atoms with Gasteiger partial charge in [-0.15, -0.1) is 0 Å². The number of hydrogen-bond acceptors (Lipinski definition) is 5. The molecule has 7 heteroatoms. The summed E-state index contributed by atoms with van der Waals surface area (Å²) in [4.78, 5) is 25.5. The minimum atomic E-state index is -0.609. The van der Waals surface area contributed by atoms with Crippen LogP contribution in [-0.4, -0.2) is 27.8 Å². The first-order valence-corrected chi connectivity index (χ1v) is 10.1. The molecule has 1 aromatic heterocycles. The number of hydrogen-bond donors (Lipinski definition) is 0. The van der Waals surface area contributed by atoms with Crippen molar-refractivity contribution in [3.05, 3.63) is 76.3 Å². The van der Waals surface area contributed by atoms with Crippen LogP contribution in [-0.2, 0) is 19.1 Å². The van der Waals surface area contributed by atoms with Crippen molar-refractivity contribution >= 4 is 29.1 Å². The van der Waals surface area contributed by atoms with E-state index in [9.17, 15) is 9.59 Å². The average Bonchev–Trinajstić information content (AvgIpc) is 3.26. The van der Waals surface area contributed by atoms with Gasteiger partial charge in [0.05, 0.1) is 23.3 Å². The van der Waals surface area contributed by atoms with Gasteiger partial charge in [0.2, 0.25) is 0 Å². The molecule has 0 radical (unpaired) electrons. The second-order valence-electron chi connectivity index (χ2n) is 7.96. The zero-order chi connectivity index (χ0) is 21.0. The number of halogens is 1. The van der Waals surface area contributed by atoms with E-state index in [2.05, 4.69) is 5.10 Å². The van der Waals surface area contributed by atoms with Gasteiger partial charge in [0.1, 0.15) is 5.57 Å². The number of esters is 2. The summed E-state index contributed by atoms with van der Waals surface area (Å²) in [5.74, 6) is -0.500. The Morgan fingerprint density at radius 1 is 1.20 bits per heavy atom. The minimum Gasteiger partial charge on any atom is -0.449 e. The van der Waals surface area contributed by atoms with Crippen LogP contribution < -0.4 is 0 Å². The summed E-state index contributed by atoms with van der Waals surface area (Å²) in [6.07, 6.45) is 11.2. The van der Waals surface area contributed by atoms with E-state index in [0.717, 1.165) is 22.4 Å². The molecule has 3 aliphatic rings. The Balaban J connectivity index is 1.64. The zero-order valence-corrected chi connectivity index (χ0v) is 17.3. The number of allylic oxidation sites excluding steroid dienone is 3. The van der Waals surface area contributed by atoms with Crippen molar-refractivity contribution in [2.75, 3.05) is 0 Å². The summed E-state index contributed by atoms with van der Waals surface area (Å²) < 4.78 is 13.1. The normalized spacial score (nSPS) is 25.0. The van der Waals surface area contributed by atoms with Crippen LogP contribution >= 0.6 is 11.6 Å². The highest BCUT2D eigenvalue weighted by Gasteiger charge is 2.54. The summed E-state index contributed by atoms with van der Waals surface area (Å²) in [6, 6.07) is 3.84. The molecular formula is C23H19ClN2O4. The second-order valence-corrected chi connectivity index (χ2v) is 8.39. The summed E-state index contributed by atoms with van der Waals surface area (Å²) >= 11 is 5.99. The number of benzene rings is 1. The van der Waals surface area contributed by atoms with Gasteiger partial charge in [0.15, 0.2) is 11.9 Å². The minimum absolute atomic E-state index is 0.180. The summed E-state index contributed by atoms with van der Waals surface area (Å²) in [6.45, 7) is 3.82. The van der Waals surface area contributed by atoms with Crippen LogP contribution in [0.1, 0.15) is 29.5 Å². The first-order valence-electron chi connectivity index (χ1n) is 9.70. The number of aryl methyl sites for hydroxylation is 2. The lowest BCUT2D eigenvalue weighted by Crippen LogP contribution is -2.43. The van der Waals surface area contributed by atoms with Gasteiger partial charge >= 0.3 is 11.9 Å². The van der Waals surface area contributed by atoms with Gasteiger partial charge < -0.3 is 9.47 Å². The van der Waals surface area contributed by atoms with Crippen LogP contribution in [0, 0.1) is 19.3 Å². The number of carbonyl (C=O) groups is 2. The number of ether oxygens (including phenoxy) is 2. The maximum Gasteiger partial charge on any atom is 0.343 e. The third-order valence-electron chi connectivity index (χ3n) is 5.89. The van der Waals surface area contributed by atoms with Gasteiger partial charge in [0.25, 0.3) is 0 Å². The van der Waals surface area contributed by atoms with Crippen molar-refractivity contribution in [3.63, 3.8) is 0 Å². The fourth-order valence-electron chi connectivity index (χ4n) is 4.60. The van der Waals surface area contributed by atoms with Crippen molar-refractivity contribution in [2.45, 2.75) is 32.8 Å². The fourth-order valence-corrected chi connectivity index (χ4v) is 4.73. The molecule has 1 fully saturated rings. The van der Waals surface area contributed by atoms with Gasteiger partial charge in [-0.1, -0.05) is 35.9 Å². The van der Waals surface area contributed by atoms with E-state index in [0.29, 0.717) is 22.8 Å². The standard InChI is InChI=1S/C23H19ClN2O4/c1-13-8-16(26-12-15(24)11-25-26)9-14(2)18(13)19-20-21(30-22(19)28)23(10-17(27)29-20)6-4-3-5-7-23/h3-6,8-9,11-12,21H,7,10H2,1-2H3. The molecular weight excluding hydrogens is 404 g/mol. The molecule has 0 saturated carbocycles. The number of nitrogens with zero attached hydrogens (tertiary/aromatic N) is 2. The highest BCUT2D eigenvalue weighted by Crippen LogP contribution is 2.50. The Kier molecular flexibility index (Phi) is 4.22. The Bertz CT molecular complexity index is 1170. The van der Waals surface area contributed by atoms with E-state index in [1.54, 1.807) is 17.1 Å². The fraction of sp³-hybridized carbons (Fsp3) is 0.261. The molecule has 1 spiro atoms. The summed E-state index contributed by atoms with van der Waals surface area (Å²) in [7, 11) is 0. The van der Waals surface area contributed by atoms with Gasteiger partial charge in [-0.3, -0.25) is 4.79 Å². The summed E-state index contributed by atoms with van der Waals surface area (Å²) in [5.41, 5.74) is 2.99. The van der Waals surface area contributed by atoms with Gasteiger partial charge in [-0.25, -0.2) is 9.48 Å². The van der Waals surface area contributed by atoms with Crippen LogP contribution in [0.3, 0.4) is 0 Å². The summed E-state index contributed by atoms with van der Waals surface area (Å²) in [5, 5.41) is 4.78. The SMILES string of the molecule is Cc1cc(-n2cc(Cl)cn2)cc(C)c1C1=C2OC(=O)CC3(C=CC=CC3)C2OC1=O. The van der Waals surface area contributed by atoms with Crippen molar-refractivity contribution < 1.29 is 19.1 Å². The quantitative estimate of drug-likeness (QED) is 0.677. The molecule has 2 unspecified atom stereocenters. The first-order chi connectivity index (χ1) is 14.4. The lowest BCUT2D eigenvalue weighted by atomic mass is 9.71. The van der Waals surface area contributed by atoms with E-state index >= 15 is 0 Å². The smallest absolute Gasteiger partial charge is 0.343 e. The van der Waals surface area contributed by atoms with Crippen LogP contribution in [0.2, 0.25) is 5.02 Å². The van der Waals surface area contributed by atoms with Crippen molar-refractivity contribution in [1.82, 2.24) is 9.78 Å². The third kappa shape index (κ3) is 2.82. The highest BCUT2D eigenvalue weighted by atomic mass is 35.5. The molecule has 152 valence electrons. The molecule has 0 N–H and O–H groups in total. The number of rotatable bonds is 2. The van der Waals surface area contributed by atoms with E-state index in [1.165, 1.54) is 0 Å². The van der Waals surface area contributed by atoms with Crippen LogP contribution in [0.5, 0.6) is 0 Å². The molecule has 3 heterocycles. The Morgan fingerprint density at radius 3 is 2.60 bits per heavy atom. The lowest BCUT2D eigenvalue weighted by Gasteiger charge is -2.39. The molecule has 6 nitrogen and oxygen atoms in total. The first kappa shape index (κ1) is 18.9. The number of aromatic nitrogens is 2. The van der Waals surface area contributed by atoms with E-state index < -0.39 is 17.5 Å². The molecule has 0 amide bonds. The van der Waals surface area contributed by atoms with Crippen LogP contribution in [0.25, 0.3) is 11.3 Å². The van der Waals surface area contributed by atoms with Crippen molar-refractivity contribution in [2.24, 2.45) is 5.41 Å². The molecule has 2 aliphatic heterocycles. The molecule has 1 aromatic carbocycles. The highest BCUT2D eigenvalue weighted by molar-refractivity contribution is 6.30. The Labute approximate surface area is 178 Å². The zero-order valence-electron chi connectivity index (χ0n) is 16.5. The molecule has 30 heavy (non-hydrogen) atoms. The molecule has 2 atom stereocenters. The maximum atomic E-state index is 13.0. The molecule has 2 aromatic rings. The van der Waals surface area contributed by atoms with Crippen LogP contribution in [0.4, 0.5) is 0 Å². The van der Waals surface area contributed by atoms with Crippen molar-refractivity contribution in [3.8, 4) is 5.69 Å². The maximum absolute atomic E-state index is 13.0. The predicted molar refractivity (Wildman–Crippen MR) is 111 cm³/mol.